The lowest BCUT2D eigenvalue weighted by Crippen LogP contribution is -2.35. The van der Waals surface area contributed by atoms with Crippen molar-refractivity contribution in [3.05, 3.63) is 0 Å². The van der Waals surface area contributed by atoms with E-state index in [9.17, 15) is 0 Å². The molecule has 0 aromatic rings. The molecular weight excluding hydrogens is 170 g/mol. The molecule has 0 amide bonds. The van der Waals surface area contributed by atoms with Crippen LogP contribution in [0.1, 0.15) is 53.4 Å². The Hall–Kier alpha value is -0.0400. The molecule has 0 radical (unpaired) electrons. The fourth-order valence-corrected chi connectivity index (χ4v) is 2.65. The van der Waals surface area contributed by atoms with Gasteiger partial charge in [-0.2, -0.15) is 0 Å². The van der Waals surface area contributed by atoms with Crippen LogP contribution in [-0.2, 0) is 0 Å². The molecule has 1 N–H and O–H groups in total. The third-order valence-electron chi connectivity index (χ3n) is 3.39. The van der Waals surface area contributed by atoms with Crippen LogP contribution in [0.15, 0.2) is 0 Å². The molecule has 0 aromatic carbocycles. The average molecular weight is 197 g/mol. The molecule has 0 saturated heterocycles. The fourth-order valence-electron chi connectivity index (χ4n) is 2.65. The van der Waals surface area contributed by atoms with Gasteiger partial charge in [0.2, 0.25) is 0 Å². The van der Waals surface area contributed by atoms with E-state index < -0.39 is 0 Å². The molecule has 1 nitrogen and oxygen atoms in total. The van der Waals surface area contributed by atoms with Gasteiger partial charge in [0.25, 0.3) is 0 Å². The highest BCUT2D eigenvalue weighted by Gasteiger charge is 2.41. The van der Waals surface area contributed by atoms with Gasteiger partial charge < -0.3 is 5.32 Å². The summed E-state index contributed by atoms with van der Waals surface area (Å²) in [5, 5.41) is 3.60. The number of nitrogens with one attached hydrogen (secondary N) is 1. The zero-order valence-corrected chi connectivity index (χ0v) is 10.4. The van der Waals surface area contributed by atoms with Crippen molar-refractivity contribution in [1.29, 1.82) is 0 Å². The van der Waals surface area contributed by atoms with Crippen LogP contribution in [0.3, 0.4) is 0 Å². The van der Waals surface area contributed by atoms with Gasteiger partial charge in [0.05, 0.1) is 0 Å². The van der Waals surface area contributed by atoms with Crippen molar-refractivity contribution in [2.24, 2.45) is 17.3 Å². The number of rotatable bonds is 7. The second-order valence-electron chi connectivity index (χ2n) is 5.70. The molecule has 1 aliphatic carbocycles. The summed E-state index contributed by atoms with van der Waals surface area (Å²) in [5.41, 5.74) is 0.573. The second kappa shape index (κ2) is 5.16. The first-order valence-corrected chi connectivity index (χ1v) is 6.29. The lowest BCUT2D eigenvalue weighted by molar-refractivity contribution is 0.207. The van der Waals surface area contributed by atoms with Crippen LogP contribution < -0.4 is 5.32 Å². The van der Waals surface area contributed by atoms with Crippen LogP contribution in [0.5, 0.6) is 0 Å². The SMILES string of the molecule is CCCNCC(C)(CC(C)C)C1CC1. The maximum atomic E-state index is 3.60. The van der Waals surface area contributed by atoms with E-state index in [1.54, 1.807) is 0 Å². The summed E-state index contributed by atoms with van der Waals surface area (Å²) >= 11 is 0. The zero-order chi connectivity index (χ0) is 10.6. The van der Waals surface area contributed by atoms with Gasteiger partial charge in [-0.3, -0.25) is 0 Å². The zero-order valence-electron chi connectivity index (χ0n) is 10.4. The highest BCUT2D eigenvalue weighted by molar-refractivity contribution is 4.92. The number of hydrogen-bond donors (Lipinski definition) is 1. The summed E-state index contributed by atoms with van der Waals surface area (Å²) in [7, 11) is 0. The van der Waals surface area contributed by atoms with Gasteiger partial charge in [0, 0.05) is 6.54 Å². The fraction of sp³-hybridized carbons (Fsp3) is 1.00. The van der Waals surface area contributed by atoms with E-state index in [1.165, 1.54) is 38.8 Å². The van der Waals surface area contributed by atoms with E-state index in [-0.39, 0.29) is 0 Å². The predicted octanol–water partition coefficient (Wildman–Crippen LogP) is 3.45. The van der Waals surface area contributed by atoms with Gasteiger partial charge >= 0.3 is 0 Å². The molecule has 0 aliphatic heterocycles. The molecule has 14 heavy (non-hydrogen) atoms. The Bertz CT molecular complexity index is 161. The third-order valence-corrected chi connectivity index (χ3v) is 3.39. The molecule has 0 spiro atoms. The van der Waals surface area contributed by atoms with Crippen LogP contribution in [0.25, 0.3) is 0 Å². The Labute approximate surface area is 89.7 Å². The average Bonchev–Trinajstić information content (AvgIpc) is 2.85. The smallest absolute Gasteiger partial charge is 0.000791 e. The summed E-state index contributed by atoms with van der Waals surface area (Å²) < 4.78 is 0. The minimum atomic E-state index is 0.573. The molecule has 1 atom stereocenters. The minimum absolute atomic E-state index is 0.573. The first-order chi connectivity index (χ1) is 6.58. The van der Waals surface area contributed by atoms with Crippen LogP contribution in [0.4, 0.5) is 0 Å². The van der Waals surface area contributed by atoms with Gasteiger partial charge in [-0.1, -0.05) is 27.7 Å². The molecule has 1 saturated carbocycles. The van der Waals surface area contributed by atoms with E-state index in [0.717, 1.165) is 11.8 Å². The van der Waals surface area contributed by atoms with Gasteiger partial charge in [-0.25, -0.2) is 0 Å². The van der Waals surface area contributed by atoms with Gasteiger partial charge in [0.1, 0.15) is 0 Å². The van der Waals surface area contributed by atoms with E-state index >= 15 is 0 Å². The molecule has 1 aliphatic rings. The van der Waals surface area contributed by atoms with Crippen molar-refractivity contribution >= 4 is 0 Å². The maximum Gasteiger partial charge on any atom is 0.000791 e. The maximum absolute atomic E-state index is 3.60. The van der Waals surface area contributed by atoms with Gasteiger partial charge in [-0.05, 0) is 49.5 Å². The topological polar surface area (TPSA) is 12.0 Å². The molecule has 84 valence electrons. The second-order valence-corrected chi connectivity index (χ2v) is 5.70. The first kappa shape index (κ1) is 12.0. The van der Waals surface area contributed by atoms with E-state index in [0.29, 0.717) is 5.41 Å². The summed E-state index contributed by atoms with van der Waals surface area (Å²) in [6.07, 6.45) is 5.57. The summed E-state index contributed by atoms with van der Waals surface area (Å²) in [6.45, 7) is 11.8. The van der Waals surface area contributed by atoms with Crippen molar-refractivity contribution < 1.29 is 0 Å². The Morgan fingerprint density at radius 3 is 2.43 bits per heavy atom. The monoisotopic (exact) mass is 197 g/mol. The molecular formula is C13H27N. The van der Waals surface area contributed by atoms with Crippen LogP contribution in [0.2, 0.25) is 0 Å². The molecule has 0 bridgehead atoms. The highest BCUT2D eigenvalue weighted by Crippen LogP contribution is 2.48. The predicted molar refractivity (Wildman–Crippen MR) is 63.4 cm³/mol. The van der Waals surface area contributed by atoms with Crippen molar-refractivity contribution in [2.75, 3.05) is 13.1 Å². The normalized spacial score (nSPS) is 21.2. The van der Waals surface area contributed by atoms with Gasteiger partial charge in [0.15, 0.2) is 0 Å². The van der Waals surface area contributed by atoms with E-state index in [1.807, 2.05) is 0 Å². The summed E-state index contributed by atoms with van der Waals surface area (Å²) in [4.78, 5) is 0. The molecule has 1 fully saturated rings. The van der Waals surface area contributed by atoms with E-state index in [2.05, 4.69) is 33.0 Å². The minimum Gasteiger partial charge on any atom is -0.316 e. The largest absolute Gasteiger partial charge is 0.316 e. The van der Waals surface area contributed by atoms with Crippen molar-refractivity contribution in [3.8, 4) is 0 Å². The summed E-state index contributed by atoms with van der Waals surface area (Å²) in [5.74, 6) is 1.85. The quantitative estimate of drug-likeness (QED) is 0.616. The molecule has 0 aromatic heterocycles. The summed E-state index contributed by atoms with van der Waals surface area (Å²) in [6, 6.07) is 0. The lowest BCUT2D eigenvalue weighted by Gasteiger charge is -2.32. The van der Waals surface area contributed by atoms with Gasteiger partial charge in [-0.15, -0.1) is 0 Å². The first-order valence-electron chi connectivity index (χ1n) is 6.29. The molecule has 1 heteroatoms. The van der Waals surface area contributed by atoms with Crippen molar-refractivity contribution in [1.82, 2.24) is 5.32 Å². The standard InChI is InChI=1S/C13H27N/c1-5-8-14-10-13(4,9-11(2)3)12-6-7-12/h11-12,14H,5-10H2,1-4H3. The molecule has 1 unspecified atom stereocenters. The lowest BCUT2D eigenvalue weighted by atomic mass is 9.77. The molecule has 1 rings (SSSR count). The van der Waals surface area contributed by atoms with Crippen LogP contribution in [-0.4, -0.2) is 13.1 Å². The Balaban J connectivity index is 2.35. The van der Waals surface area contributed by atoms with Crippen LogP contribution in [0, 0.1) is 17.3 Å². The van der Waals surface area contributed by atoms with Crippen molar-refractivity contribution in [3.63, 3.8) is 0 Å². The van der Waals surface area contributed by atoms with Crippen molar-refractivity contribution in [2.45, 2.75) is 53.4 Å². The van der Waals surface area contributed by atoms with Crippen LogP contribution >= 0.6 is 0 Å². The third kappa shape index (κ3) is 3.61. The Morgan fingerprint density at radius 2 is 2.00 bits per heavy atom. The Morgan fingerprint density at radius 1 is 1.36 bits per heavy atom. The Kier molecular flexibility index (Phi) is 4.43. The highest BCUT2D eigenvalue weighted by atomic mass is 14.9. The number of hydrogen-bond acceptors (Lipinski definition) is 1. The molecule has 0 heterocycles. The van der Waals surface area contributed by atoms with E-state index in [4.69, 9.17) is 0 Å².